The van der Waals surface area contributed by atoms with Crippen molar-refractivity contribution in [3.63, 3.8) is 0 Å². The summed E-state index contributed by atoms with van der Waals surface area (Å²) in [5, 5.41) is 1.13. The molecule has 2 heterocycles. The maximum Gasteiger partial charge on any atom is 0.118 e. The number of pyridine rings is 1. The molecule has 1 aromatic carbocycles. The Balaban J connectivity index is 2.22. The molecule has 0 spiro atoms. The minimum absolute atomic E-state index is 0.760. The van der Waals surface area contributed by atoms with Crippen molar-refractivity contribution in [3.05, 3.63) is 53.5 Å². The molecule has 0 aliphatic carbocycles. The highest BCUT2D eigenvalue weighted by Gasteiger charge is 2.06. The number of halogens is 1. The highest BCUT2D eigenvalue weighted by molar-refractivity contribution is 9.10. The number of benzene rings is 1. The van der Waals surface area contributed by atoms with E-state index < -0.39 is 0 Å². The van der Waals surface area contributed by atoms with Gasteiger partial charge in [0.25, 0.3) is 0 Å². The molecule has 0 unspecified atom stereocenters. The van der Waals surface area contributed by atoms with E-state index >= 15 is 0 Å². The van der Waals surface area contributed by atoms with Crippen LogP contribution in [-0.2, 0) is 0 Å². The summed E-state index contributed by atoms with van der Waals surface area (Å²) in [5.74, 6) is 0. The molecule has 4 heteroatoms. The SMILES string of the molecule is Brc1ncncc1-c1ccc2ccccc2n1. The summed E-state index contributed by atoms with van der Waals surface area (Å²) in [5.41, 5.74) is 2.75. The lowest BCUT2D eigenvalue weighted by molar-refractivity contribution is 1.13. The second-order valence-corrected chi connectivity index (χ2v) is 4.37. The Morgan fingerprint density at radius 3 is 2.76 bits per heavy atom. The summed E-state index contributed by atoms with van der Waals surface area (Å²) in [7, 11) is 0. The Hall–Kier alpha value is -1.81. The van der Waals surface area contributed by atoms with Crippen LogP contribution in [0.25, 0.3) is 22.2 Å². The second-order valence-electron chi connectivity index (χ2n) is 3.62. The standard InChI is InChI=1S/C13H8BrN3/c14-13-10(7-15-8-16-13)12-6-5-9-3-1-2-4-11(9)17-12/h1-8H. The van der Waals surface area contributed by atoms with Crippen LogP contribution in [0, 0.1) is 0 Å². The molecule has 17 heavy (non-hydrogen) atoms. The zero-order chi connectivity index (χ0) is 11.7. The number of fused-ring (bicyclic) bond motifs is 1. The van der Waals surface area contributed by atoms with Gasteiger partial charge in [0.2, 0.25) is 0 Å². The minimum Gasteiger partial charge on any atom is -0.248 e. The first-order valence-corrected chi connectivity index (χ1v) is 5.95. The second kappa shape index (κ2) is 4.22. The van der Waals surface area contributed by atoms with Gasteiger partial charge in [-0.15, -0.1) is 0 Å². The van der Waals surface area contributed by atoms with E-state index in [1.54, 1.807) is 6.20 Å². The average Bonchev–Trinajstić information content (AvgIpc) is 2.39. The van der Waals surface area contributed by atoms with Crippen LogP contribution < -0.4 is 0 Å². The van der Waals surface area contributed by atoms with Gasteiger partial charge < -0.3 is 0 Å². The summed E-state index contributed by atoms with van der Waals surface area (Å²) in [4.78, 5) is 12.7. The number of hydrogen-bond acceptors (Lipinski definition) is 3. The van der Waals surface area contributed by atoms with E-state index in [2.05, 4.69) is 36.9 Å². The molecule has 2 aromatic heterocycles. The highest BCUT2D eigenvalue weighted by Crippen LogP contribution is 2.25. The molecule has 0 atom stereocenters. The smallest absolute Gasteiger partial charge is 0.118 e. The van der Waals surface area contributed by atoms with Crippen LogP contribution >= 0.6 is 15.9 Å². The first-order chi connectivity index (χ1) is 8.34. The van der Waals surface area contributed by atoms with Crippen molar-refractivity contribution in [3.8, 4) is 11.3 Å². The molecule has 3 rings (SSSR count). The fourth-order valence-corrected chi connectivity index (χ4v) is 2.10. The molecule has 0 bridgehead atoms. The third-order valence-electron chi connectivity index (χ3n) is 2.54. The number of hydrogen-bond donors (Lipinski definition) is 0. The van der Waals surface area contributed by atoms with E-state index in [1.807, 2.05) is 30.3 Å². The first kappa shape index (κ1) is 10.4. The van der Waals surface area contributed by atoms with E-state index in [4.69, 9.17) is 0 Å². The van der Waals surface area contributed by atoms with Crippen LogP contribution in [0.2, 0.25) is 0 Å². The van der Waals surface area contributed by atoms with E-state index in [0.29, 0.717) is 0 Å². The summed E-state index contributed by atoms with van der Waals surface area (Å²) < 4.78 is 0.760. The predicted molar refractivity (Wildman–Crippen MR) is 70.5 cm³/mol. The third kappa shape index (κ3) is 1.91. The van der Waals surface area contributed by atoms with Crippen LogP contribution in [-0.4, -0.2) is 15.0 Å². The largest absolute Gasteiger partial charge is 0.248 e. The fourth-order valence-electron chi connectivity index (χ4n) is 1.70. The maximum atomic E-state index is 4.60. The number of para-hydroxylation sites is 1. The summed E-state index contributed by atoms with van der Waals surface area (Å²) in [6.07, 6.45) is 3.27. The number of rotatable bonds is 1. The molecule has 0 saturated heterocycles. The van der Waals surface area contributed by atoms with Crippen molar-refractivity contribution in [1.29, 1.82) is 0 Å². The lowest BCUT2D eigenvalue weighted by Crippen LogP contribution is -1.89. The van der Waals surface area contributed by atoms with Crippen molar-refractivity contribution < 1.29 is 0 Å². The molecule has 0 aliphatic rings. The number of aromatic nitrogens is 3. The van der Waals surface area contributed by atoms with Gasteiger partial charge in [0.1, 0.15) is 10.9 Å². The fraction of sp³-hybridized carbons (Fsp3) is 0. The molecule has 0 amide bonds. The van der Waals surface area contributed by atoms with Gasteiger partial charge in [0.15, 0.2) is 0 Å². The van der Waals surface area contributed by atoms with Crippen LogP contribution in [0.1, 0.15) is 0 Å². The minimum atomic E-state index is 0.760. The van der Waals surface area contributed by atoms with Gasteiger partial charge in [0, 0.05) is 11.6 Å². The quantitative estimate of drug-likeness (QED) is 0.643. The molecule has 0 saturated carbocycles. The molecular weight excluding hydrogens is 278 g/mol. The Labute approximate surface area is 107 Å². The van der Waals surface area contributed by atoms with Crippen LogP contribution in [0.5, 0.6) is 0 Å². The lowest BCUT2D eigenvalue weighted by Gasteiger charge is -2.03. The van der Waals surface area contributed by atoms with Gasteiger partial charge in [-0.25, -0.2) is 15.0 Å². The molecule has 0 fully saturated rings. The predicted octanol–water partition coefficient (Wildman–Crippen LogP) is 3.45. The Morgan fingerprint density at radius 1 is 1.00 bits per heavy atom. The van der Waals surface area contributed by atoms with Gasteiger partial charge >= 0.3 is 0 Å². The average molecular weight is 286 g/mol. The summed E-state index contributed by atoms with van der Waals surface area (Å²) >= 11 is 3.41. The van der Waals surface area contributed by atoms with Gasteiger partial charge in [-0.2, -0.15) is 0 Å². The van der Waals surface area contributed by atoms with Crippen molar-refractivity contribution >= 4 is 26.8 Å². The molecule has 3 aromatic rings. The molecule has 0 N–H and O–H groups in total. The number of nitrogens with zero attached hydrogens (tertiary/aromatic N) is 3. The molecule has 82 valence electrons. The van der Waals surface area contributed by atoms with Gasteiger partial charge in [-0.1, -0.05) is 24.3 Å². The van der Waals surface area contributed by atoms with E-state index in [0.717, 1.165) is 26.8 Å². The van der Waals surface area contributed by atoms with Crippen LogP contribution in [0.4, 0.5) is 0 Å². The monoisotopic (exact) mass is 285 g/mol. The van der Waals surface area contributed by atoms with E-state index in [9.17, 15) is 0 Å². The van der Waals surface area contributed by atoms with Gasteiger partial charge in [-0.3, -0.25) is 0 Å². The Bertz CT molecular complexity index is 682. The maximum absolute atomic E-state index is 4.60. The molecule has 3 nitrogen and oxygen atoms in total. The lowest BCUT2D eigenvalue weighted by atomic mass is 10.1. The molecular formula is C13H8BrN3. The van der Waals surface area contributed by atoms with Crippen molar-refractivity contribution in [2.24, 2.45) is 0 Å². The first-order valence-electron chi connectivity index (χ1n) is 5.16. The molecule has 0 aliphatic heterocycles. The van der Waals surface area contributed by atoms with E-state index in [1.165, 1.54) is 6.33 Å². The van der Waals surface area contributed by atoms with Gasteiger partial charge in [-0.05, 0) is 28.1 Å². The molecule has 0 radical (unpaired) electrons. The zero-order valence-corrected chi connectivity index (χ0v) is 10.4. The topological polar surface area (TPSA) is 38.7 Å². The zero-order valence-electron chi connectivity index (χ0n) is 8.84. The summed E-state index contributed by atoms with van der Waals surface area (Å²) in [6.45, 7) is 0. The van der Waals surface area contributed by atoms with Crippen molar-refractivity contribution in [1.82, 2.24) is 15.0 Å². The summed E-state index contributed by atoms with van der Waals surface area (Å²) in [6, 6.07) is 12.1. The van der Waals surface area contributed by atoms with Crippen LogP contribution in [0.15, 0.2) is 53.5 Å². The van der Waals surface area contributed by atoms with Gasteiger partial charge in [0.05, 0.1) is 16.8 Å². The highest BCUT2D eigenvalue weighted by atomic mass is 79.9. The van der Waals surface area contributed by atoms with Crippen molar-refractivity contribution in [2.45, 2.75) is 0 Å². The van der Waals surface area contributed by atoms with E-state index in [-0.39, 0.29) is 0 Å². The Morgan fingerprint density at radius 2 is 1.88 bits per heavy atom. The Kier molecular flexibility index (Phi) is 2.57. The van der Waals surface area contributed by atoms with Crippen LogP contribution in [0.3, 0.4) is 0 Å². The normalized spacial score (nSPS) is 10.6. The van der Waals surface area contributed by atoms with Crippen molar-refractivity contribution in [2.75, 3.05) is 0 Å². The third-order valence-corrected chi connectivity index (χ3v) is 3.17.